The van der Waals surface area contributed by atoms with Gasteiger partial charge in [0.25, 0.3) is 0 Å². The lowest BCUT2D eigenvalue weighted by Crippen LogP contribution is -2.36. The first-order valence-electron chi connectivity index (χ1n) is 6.39. The van der Waals surface area contributed by atoms with Gasteiger partial charge in [-0.2, -0.15) is 0 Å². The van der Waals surface area contributed by atoms with Gasteiger partial charge in [0.05, 0.1) is 0 Å². The van der Waals surface area contributed by atoms with Gasteiger partial charge in [0, 0.05) is 11.0 Å². The van der Waals surface area contributed by atoms with Crippen LogP contribution in [0, 0.1) is 5.92 Å². The summed E-state index contributed by atoms with van der Waals surface area (Å²) in [5.41, 5.74) is 1.42. The summed E-state index contributed by atoms with van der Waals surface area (Å²) >= 11 is 3.48. The molecule has 0 amide bonds. The fraction of sp³-hybridized carbons (Fsp3) is 0.571. The van der Waals surface area contributed by atoms with Crippen LogP contribution in [0.5, 0.6) is 0 Å². The molecule has 3 heteroatoms. The monoisotopic (exact) mass is 296 g/mol. The molecule has 1 saturated heterocycles. The van der Waals surface area contributed by atoms with E-state index in [2.05, 4.69) is 50.4 Å². The number of benzene rings is 1. The molecule has 1 aliphatic rings. The predicted molar refractivity (Wildman–Crippen MR) is 76.1 cm³/mol. The van der Waals surface area contributed by atoms with Gasteiger partial charge < -0.3 is 5.32 Å². The second-order valence-electron chi connectivity index (χ2n) is 4.90. The van der Waals surface area contributed by atoms with E-state index in [4.69, 9.17) is 0 Å². The lowest BCUT2D eigenvalue weighted by Gasteiger charge is -2.31. The molecule has 1 N–H and O–H groups in total. The molecule has 0 spiro atoms. The molecule has 1 heterocycles. The third kappa shape index (κ3) is 4.09. The molecule has 0 aliphatic carbocycles. The molecule has 2 rings (SSSR count). The number of piperidine rings is 1. The molecule has 94 valence electrons. The Kier molecular flexibility index (Phi) is 5.01. The Balaban J connectivity index is 1.79. The van der Waals surface area contributed by atoms with E-state index in [0.29, 0.717) is 0 Å². The summed E-state index contributed by atoms with van der Waals surface area (Å²) in [5, 5.41) is 3.28. The van der Waals surface area contributed by atoms with E-state index in [1.807, 2.05) is 7.05 Å². The van der Waals surface area contributed by atoms with E-state index in [0.717, 1.165) is 16.9 Å². The quantitative estimate of drug-likeness (QED) is 0.919. The van der Waals surface area contributed by atoms with Crippen molar-refractivity contribution in [1.82, 2.24) is 10.2 Å². The van der Waals surface area contributed by atoms with Crippen LogP contribution in [0.2, 0.25) is 0 Å². The molecule has 0 unspecified atom stereocenters. The van der Waals surface area contributed by atoms with Gasteiger partial charge in [-0.3, -0.25) is 4.90 Å². The molecule has 1 aromatic carbocycles. The molecule has 0 bridgehead atoms. The number of halogens is 1. The minimum Gasteiger partial charge on any atom is -0.319 e. The molecule has 1 fully saturated rings. The topological polar surface area (TPSA) is 15.3 Å². The van der Waals surface area contributed by atoms with Crippen molar-refractivity contribution in [1.29, 1.82) is 0 Å². The lowest BCUT2D eigenvalue weighted by molar-refractivity contribution is 0.177. The Labute approximate surface area is 113 Å². The first-order chi connectivity index (χ1) is 8.28. The minimum atomic E-state index is 0.876. The van der Waals surface area contributed by atoms with Crippen LogP contribution in [0.3, 0.4) is 0 Å². The van der Waals surface area contributed by atoms with Gasteiger partial charge in [0.15, 0.2) is 0 Å². The van der Waals surface area contributed by atoms with Gasteiger partial charge in [0.1, 0.15) is 0 Å². The zero-order valence-corrected chi connectivity index (χ0v) is 12.0. The second kappa shape index (κ2) is 6.53. The minimum absolute atomic E-state index is 0.876. The maximum absolute atomic E-state index is 3.48. The largest absolute Gasteiger partial charge is 0.319 e. The molecular formula is C14H21BrN2. The van der Waals surface area contributed by atoms with Crippen LogP contribution < -0.4 is 5.32 Å². The molecule has 1 aliphatic heterocycles. The Bertz CT molecular complexity index is 329. The Morgan fingerprint density at radius 1 is 1.24 bits per heavy atom. The van der Waals surface area contributed by atoms with Crippen molar-refractivity contribution < 1.29 is 0 Å². The first-order valence-corrected chi connectivity index (χ1v) is 7.18. The van der Waals surface area contributed by atoms with Crippen LogP contribution in [0.4, 0.5) is 0 Å². The van der Waals surface area contributed by atoms with E-state index in [9.17, 15) is 0 Å². The number of likely N-dealkylation sites (tertiary alicyclic amines) is 1. The Morgan fingerprint density at radius 3 is 2.47 bits per heavy atom. The summed E-state index contributed by atoms with van der Waals surface area (Å²) in [4.78, 5) is 2.56. The number of nitrogens with one attached hydrogen (secondary N) is 1. The number of nitrogens with zero attached hydrogens (tertiary/aromatic N) is 1. The third-order valence-electron chi connectivity index (χ3n) is 3.52. The highest BCUT2D eigenvalue weighted by atomic mass is 79.9. The van der Waals surface area contributed by atoms with Crippen LogP contribution in [-0.4, -0.2) is 31.6 Å². The molecule has 1 aromatic rings. The Morgan fingerprint density at radius 2 is 1.88 bits per heavy atom. The molecular weight excluding hydrogens is 276 g/mol. The summed E-state index contributed by atoms with van der Waals surface area (Å²) in [6.07, 6.45) is 2.66. The van der Waals surface area contributed by atoms with E-state index in [1.165, 1.54) is 38.0 Å². The van der Waals surface area contributed by atoms with Gasteiger partial charge in [-0.25, -0.2) is 0 Å². The summed E-state index contributed by atoms with van der Waals surface area (Å²) < 4.78 is 1.16. The fourth-order valence-electron chi connectivity index (χ4n) is 2.49. The van der Waals surface area contributed by atoms with Gasteiger partial charge in [-0.1, -0.05) is 28.1 Å². The van der Waals surface area contributed by atoms with E-state index in [1.54, 1.807) is 0 Å². The second-order valence-corrected chi connectivity index (χ2v) is 5.82. The predicted octanol–water partition coefficient (Wildman–Crippen LogP) is 2.88. The Hall–Kier alpha value is -0.380. The molecule has 2 nitrogen and oxygen atoms in total. The van der Waals surface area contributed by atoms with Gasteiger partial charge in [-0.05, 0) is 63.1 Å². The van der Waals surface area contributed by atoms with Crippen molar-refractivity contribution in [3.05, 3.63) is 34.3 Å². The summed E-state index contributed by atoms with van der Waals surface area (Å²) in [6.45, 7) is 4.75. The van der Waals surface area contributed by atoms with E-state index in [-0.39, 0.29) is 0 Å². The van der Waals surface area contributed by atoms with Crippen LogP contribution in [0.15, 0.2) is 28.7 Å². The molecule has 17 heavy (non-hydrogen) atoms. The molecule has 0 aromatic heterocycles. The summed E-state index contributed by atoms with van der Waals surface area (Å²) in [7, 11) is 2.05. The maximum atomic E-state index is 3.48. The first kappa shape index (κ1) is 13.1. The number of hydrogen-bond acceptors (Lipinski definition) is 2. The standard InChI is InChI=1S/C14H21BrN2/c1-16-10-12-6-8-17(9-7-12)11-13-2-4-14(15)5-3-13/h2-5,12,16H,6-11H2,1H3. The zero-order valence-electron chi connectivity index (χ0n) is 10.5. The van der Waals surface area contributed by atoms with Crippen molar-refractivity contribution in [2.24, 2.45) is 5.92 Å². The SMILES string of the molecule is CNCC1CCN(Cc2ccc(Br)cc2)CC1. The van der Waals surface area contributed by atoms with E-state index < -0.39 is 0 Å². The van der Waals surface area contributed by atoms with Gasteiger partial charge in [0.2, 0.25) is 0 Å². The highest BCUT2D eigenvalue weighted by molar-refractivity contribution is 9.10. The van der Waals surface area contributed by atoms with Gasteiger partial charge in [-0.15, -0.1) is 0 Å². The van der Waals surface area contributed by atoms with Crippen LogP contribution in [-0.2, 0) is 6.54 Å². The molecule has 0 atom stereocenters. The smallest absolute Gasteiger partial charge is 0.0233 e. The van der Waals surface area contributed by atoms with Gasteiger partial charge >= 0.3 is 0 Å². The van der Waals surface area contributed by atoms with Crippen molar-refractivity contribution in [3.63, 3.8) is 0 Å². The highest BCUT2D eigenvalue weighted by Gasteiger charge is 2.18. The van der Waals surface area contributed by atoms with Crippen LogP contribution in [0.1, 0.15) is 18.4 Å². The van der Waals surface area contributed by atoms with Crippen molar-refractivity contribution in [2.75, 3.05) is 26.7 Å². The van der Waals surface area contributed by atoms with Crippen molar-refractivity contribution in [2.45, 2.75) is 19.4 Å². The van der Waals surface area contributed by atoms with Crippen LogP contribution in [0.25, 0.3) is 0 Å². The van der Waals surface area contributed by atoms with Crippen molar-refractivity contribution >= 4 is 15.9 Å². The summed E-state index contributed by atoms with van der Waals surface area (Å²) in [6, 6.07) is 8.68. The maximum Gasteiger partial charge on any atom is 0.0233 e. The normalized spacial score (nSPS) is 18.5. The zero-order chi connectivity index (χ0) is 12.1. The fourth-order valence-corrected chi connectivity index (χ4v) is 2.75. The van der Waals surface area contributed by atoms with Crippen molar-refractivity contribution in [3.8, 4) is 0 Å². The van der Waals surface area contributed by atoms with E-state index >= 15 is 0 Å². The van der Waals surface area contributed by atoms with Crippen LogP contribution >= 0.6 is 15.9 Å². The number of hydrogen-bond donors (Lipinski definition) is 1. The average Bonchev–Trinajstić information content (AvgIpc) is 2.35. The lowest BCUT2D eigenvalue weighted by atomic mass is 9.96. The average molecular weight is 297 g/mol. The summed E-state index contributed by atoms with van der Waals surface area (Å²) in [5.74, 6) is 0.876. The number of rotatable bonds is 4. The highest BCUT2D eigenvalue weighted by Crippen LogP contribution is 2.19. The third-order valence-corrected chi connectivity index (χ3v) is 4.05. The molecule has 0 radical (unpaired) electrons. The molecule has 0 saturated carbocycles.